The fourth-order valence-corrected chi connectivity index (χ4v) is 4.05. The first-order valence-corrected chi connectivity index (χ1v) is 11.0. The monoisotopic (exact) mass is 441 g/mol. The second-order valence-corrected chi connectivity index (χ2v) is 9.25. The van der Waals surface area contributed by atoms with E-state index in [1.54, 1.807) is 18.3 Å². The summed E-state index contributed by atoms with van der Waals surface area (Å²) in [5, 5.41) is 0. The molecule has 0 aliphatic carbocycles. The number of anilines is 1. The molecule has 9 heteroatoms. The number of hydrogen-bond acceptors (Lipinski definition) is 8. The number of aromatic nitrogens is 3. The number of carbonyl (C=O) groups excluding carboxylic acids is 1. The third kappa shape index (κ3) is 4.87. The van der Waals surface area contributed by atoms with Gasteiger partial charge in [-0.3, -0.25) is 0 Å². The van der Waals surface area contributed by atoms with Gasteiger partial charge in [0, 0.05) is 31.5 Å². The highest BCUT2D eigenvalue weighted by Gasteiger charge is 2.32. The van der Waals surface area contributed by atoms with Crippen LogP contribution < -0.4 is 14.4 Å². The van der Waals surface area contributed by atoms with Gasteiger partial charge in [0.05, 0.1) is 43.3 Å². The van der Waals surface area contributed by atoms with Gasteiger partial charge < -0.3 is 24.0 Å². The first-order chi connectivity index (χ1) is 15.2. The van der Waals surface area contributed by atoms with Crippen LogP contribution in [0.4, 0.5) is 10.5 Å². The SMILES string of the molecule is COc1ncc(N2CCc3ncnc(O[C@H]4CCN(C(=O)OC(C)(C)C)C4)c3C2)cc1C. The molecule has 2 aromatic rings. The van der Waals surface area contributed by atoms with E-state index in [0.29, 0.717) is 31.4 Å². The molecule has 1 saturated heterocycles. The van der Waals surface area contributed by atoms with E-state index in [1.165, 1.54) is 0 Å². The van der Waals surface area contributed by atoms with Gasteiger partial charge in [-0.25, -0.2) is 19.7 Å². The van der Waals surface area contributed by atoms with Gasteiger partial charge in [0.2, 0.25) is 11.8 Å². The highest BCUT2D eigenvalue weighted by atomic mass is 16.6. The van der Waals surface area contributed by atoms with Gasteiger partial charge in [-0.15, -0.1) is 0 Å². The zero-order valence-corrected chi connectivity index (χ0v) is 19.4. The smallest absolute Gasteiger partial charge is 0.410 e. The molecular weight excluding hydrogens is 410 g/mol. The minimum absolute atomic E-state index is 0.123. The quantitative estimate of drug-likeness (QED) is 0.715. The zero-order chi connectivity index (χ0) is 22.9. The molecule has 0 spiro atoms. The fourth-order valence-electron chi connectivity index (χ4n) is 4.05. The molecule has 0 radical (unpaired) electrons. The maximum atomic E-state index is 12.4. The third-order valence-electron chi connectivity index (χ3n) is 5.61. The first-order valence-electron chi connectivity index (χ1n) is 11.0. The number of carbonyl (C=O) groups is 1. The lowest BCUT2D eigenvalue weighted by Crippen LogP contribution is -2.36. The maximum Gasteiger partial charge on any atom is 0.410 e. The van der Waals surface area contributed by atoms with Crippen molar-refractivity contribution in [3.63, 3.8) is 0 Å². The number of likely N-dealkylation sites (tertiary alicyclic amines) is 1. The average molecular weight is 442 g/mol. The Hall–Kier alpha value is -3.10. The molecule has 0 aromatic carbocycles. The molecule has 1 amide bonds. The summed E-state index contributed by atoms with van der Waals surface area (Å²) in [5.74, 6) is 1.23. The summed E-state index contributed by atoms with van der Waals surface area (Å²) in [4.78, 5) is 29.6. The number of hydrogen-bond donors (Lipinski definition) is 0. The van der Waals surface area contributed by atoms with Crippen molar-refractivity contribution in [2.45, 2.75) is 58.8 Å². The van der Waals surface area contributed by atoms with Gasteiger partial charge in [-0.05, 0) is 33.8 Å². The Kier molecular flexibility index (Phi) is 6.08. The summed E-state index contributed by atoms with van der Waals surface area (Å²) in [6, 6.07) is 2.08. The van der Waals surface area contributed by atoms with Gasteiger partial charge in [-0.1, -0.05) is 0 Å². The molecule has 4 rings (SSSR count). The first kappa shape index (κ1) is 22.1. The minimum atomic E-state index is -0.514. The van der Waals surface area contributed by atoms with Crippen molar-refractivity contribution in [1.29, 1.82) is 0 Å². The number of nitrogens with zero attached hydrogens (tertiary/aromatic N) is 5. The second-order valence-electron chi connectivity index (χ2n) is 9.25. The third-order valence-corrected chi connectivity index (χ3v) is 5.61. The molecule has 0 saturated carbocycles. The molecule has 0 N–H and O–H groups in total. The van der Waals surface area contributed by atoms with Crippen molar-refractivity contribution >= 4 is 11.8 Å². The summed E-state index contributed by atoms with van der Waals surface area (Å²) in [6.07, 6.45) is 4.50. The van der Waals surface area contributed by atoms with Gasteiger partial charge in [-0.2, -0.15) is 0 Å². The highest BCUT2D eigenvalue weighted by molar-refractivity contribution is 5.68. The van der Waals surface area contributed by atoms with Crippen LogP contribution in [-0.4, -0.2) is 64.4 Å². The van der Waals surface area contributed by atoms with Crippen LogP contribution in [0.1, 0.15) is 44.0 Å². The van der Waals surface area contributed by atoms with Crippen molar-refractivity contribution in [2.75, 3.05) is 31.6 Å². The van der Waals surface area contributed by atoms with E-state index in [0.717, 1.165) is 41.9 Å². The summed E-state index contributed by atoms with van der Waals surface area (Å²) in [7, 11) is 1.63. The van der Waals surface area contributed by atoms with E-state index >= 15 is 0 Å². The van der Waals surface area contributed by atoms with Crippen molar-refractivity contribution in [3.05, 3.63) is 35.4 Å². The van der Waals surface area contributed by atoms with E-state index in [1.807, 2.05) is 33.9 Å². The van der Waals surface area contributed by atoms with Gasteiger partial charge in [0.15, 0.2) is 0 Å². The molecule has 1 atom stereocenters. The van der Waals surface area contributed by atoms with Crippen molar-refractivity contribution in [1.82, 2.24) is 19.9 Å². The van der Waals surface area contributed by atoms with E-state index in [-0.39, 0.29) is 12.2 Å². The molecule has 0 bridgehead atoms. The van der Waals surface area contributed by atoms with Crippen LogP contribution in [0.5, 0.6) is 11.8 Å². The standard InChI is InChI=1S/C23H31N5O4/c1-15-10-16(11-24-20(15)30-5)27-9-7-19-18(13-27)21(26-14-25-19)31-17-6-8-28(12-17)22(29)32-23(2,3)4/h10-11,14,17H,6-9,12-13H2,1-5H3/t17-/m0/s1. The lowest BCUT2D eigenvalue weighted by Gasteiger charge is -2.31. The van der Waals surface area contributed by atoms with Crippen molar-refractivity contribution in [2.24, 2.45) is 0 Å². The Morgan fingerprint density at radius 1 is 1.16 bits per heavy atom. The molecule has 2 aliphatic rings. The Bertz CT molecular complexity index is 991. The van der Waals surface area contributed by atoms with Gasteiger partial charge >= 0.3 is 6.09 Å². The molecular formula is C23H31N5O4. The molecule has 4 heterocycles. The number of ether oxygens (including phenoxy) is 3. The number of rotatable bonds is 4. The van der Waals surface area contributed by atoms with Gasteiger partial charge in [0.1, 0.15) is 18.0 Å². The van der Waals surface area contributed by atoms with Crippen molar-refractivity contribution in [3.8, 4) is 11.8 Å². The highest BCUT2D eigenvalue weighted by Crippen LogP contribution is 2.31. The van der Waals surface area contributed by atoms with Gasteiger partial charge in [0.25, 0.3) is 0 Å². The predicted octanol–water partition coefficient (Wildman–Crippen LogP) is 3.14. The largest absolute Gasteiger partial charge is 0.481 e. The summed E-state index contributed by atoms with van der Waals surface area (Å²) >= 11 is 0. The normalized spacial score (nSPS) is 18.3. The van der Waals surface area contributed by atoms with Crippen LogP contribution in [0.25, 0.3) is 0 Å². The van der Waals surface area contributed by atoms with Crippen LogP contribution >= 0.6 is 0 Å². The minimum Gasteiger partial charge on any atom is -0.481 e. The zero-order valence-electron chi connectivity index (χ0n) is 19.4. The van der Waals surface area contributed by atoms with Crippen LogP contribution in [0.15, 0.2) is 18.6 Å². The summed E-state index contributed by atoms with van der Waals surface area (Å²) < 4.78 is 17.0. The Labute approximate surface area is 188 Å². The molecule has 0 unspecified atom stereocenters. The Balaban J connectivity index is 1.46. The number of aryl methyl sites for hydroxylation is 1. The van der Waals surface area contributed by atoms with Crippen molar-refractivity contribution < 1.29 is 19.0 Å². The second kappa shape index (κ2) is 8.80. The van der Waals surface area contributed by atoms with Crippen LogP contribution in [-0.2, 0) is 17.7 Å². The topological polar surface area (TPSA) is 89.9 Å². The number of methoxy groups -OCH3 is 1. The number of amides is 1. The summed E-state index contributed by atoms with van der Waals surface area (Å²) in [6.45, 7) is 10.2. The predicted molar refractivity (Wildman–Crippen MR) is 119 cm³/mol. The van der Waals surface area contributed by atoms with E-state index in [9.17, 15) is 4.79 Å². The molecule has 1 fully saturated rings. The lowest BCUT2D eigenvalue weighted by atomic mass is 10.1. The van der Waals surface area contributed by atoms with E-state index in [4.69, 9.17) is 14.2 Å². The molecule has 172 valence electrons. The Morgan fingerprint density at radius 3 is 2.69 bits per heavy atom. The summed E-state index contributed by atoms with van der Waals surface area (Å²) in [5.41, 5.74) is 3.50. The fraction of sp³-hybridized carbons (Fsp3) is 0.565. The molecule has 2 aromatic heterocycles. The number of pyridine rings is 1. The van der Waals surface area contributed by atoms with Crippen LogP contribution in [0, 0.1) is 6.92 Å². The Morgan fingerprint density at radius 2 is 1.97 bits per heavy atom. The maximum absolute atomic E-state index is 12.4. The van der Waals surface area contributed by atoms with Crippen LogP contribution in [0.2, 0.25) is 0 Å². The molecule has 32 heavy (non-hydrogen) atoms. The number of fused-ring (bicyclic) bond motifs is 1. The van der Waals surface area contributed by atoms with E-state index < -0.39 is 5.60 Å². The lowest BCUT2D eigenvalue weighted by molar-refractivity contribution is 0.0274. The van der Waals surface area contributed by atoms with Crippen LogP contribution in [0.3, 0.4) is 0 Å². The molecule has 2 aliphatic heterocycles. The van der Waals surface area contributed by atoms with E-state index in [2.05, 4.69) is 25.9 Å². The molecule has 9 nitrogen and oxygen atoms in total. The average Bonchev–Trinajstić information content (AvgIpc) is 3.21.